The number of halogens is 4. The molecule has 0 spiro atoms. The van der Waals surface area contributed by atoms with Crippen LogP contribution in [-0.4, -0.2) is 71.7 Å². The number of unbranched alkanes of at least 4 members (excludes halogenated alkanes) is 1. The van der Waals surface area contributed by atoms with Gasteiger partial charge >= 0.3 is 290 Å². The molecule has 282 valence electrons. The summed E-state index contributed by atoms with van der Waals surface area (Å²) in [6, 6.07) is 0.702. The zero-order chi connectivity index (χ0) is 35.3. The second-order valence-electron chi connectivity index (χ2n) is 16.4. The average molecular weight is 1140 g/mol. The molecule has 5 unspecified atom stereocenters. The molecule has 3 N–H and O–H groups in total. The minimum atomic E-state index is -4.46. The van der Waals surface area contributed by atoms with Gasteiger partial charge in [0.15, 0.2) is 0 Å². The molecule has 0 saturated heterocycles. The van der Waals surface area contributed by atoms with Crippen molar-refractivity contribution in [1.82, 2.24) is 6.23 Å². The van der Waals surface area contributed by atoms with Crippen LogP contribution in [-0.2, 0) is 19.2 Å². The van der Waals surface area contributed by atoms with Crippen LogP contribution in [0.5, 0.6) is 0 Å². The Morgan fingerprint density at radius 3 is 2.25 bits per heavy atom. The number of nitrogens with zero attached hydrogens (tertiary/aromatic N) is 2. The van der Waals surface area contributed by atoms with Gasteiger partial charge in [-0.05, 0) is 12.3 Å². The second-order valence-corrected chi connectivity index (χ2v) is 25.7. The van der Waals surface area contributed by atoms with Crippen LogP contribution >= 0.6 is 37.2 Å². The van der Waals surface area contributed by atoms with Crippen LogP contribution < -0.4 is 40.7 Å². The predicted molar refractivity (Wildman–Crippen MR) is 204 cm³/mol. The molecule has 4 rings (SSSR count). The molecule has 0 aromatic rings. The Hall–Kier alpha value is 2.69. The fourth-order valence-electron chi connectivity index (χ4n) is 11.1. The Morgan fingerprint density at radius 2 is 1.62 bits per heavy atom. The monoisotopic (exact) mass is 1140 g/mol. The summed E-state index contributed by atoms with van der Waals surface area (Å²) in [4.78, 5) is 0. The van der Waals surface area contributed by atoms with E-state index in [1.54, 1.807) is 0 Å². The van der Waals surface area contributed by atoms with Crippen molar-refractivity contribution in [2.45, 2.75) is 136 Å². The molecule has 4 aliphatic rings. The number of nitrogens with two attached hydrogens (primary N) is 1. The van der Waals surface area contributed by atoms with Crippen molar-refractivity contribution in [3.63, 3.8) is 0 Å². The zero-order valence-electron chi connectivity index (χ0n) is 29.8. The molecule has 0 aromatic heterocycles. The first-order chi connectivity index (χ1) is 22.7. The van der Waals surface area contributed by atoms with Gasteiger partial charge in [0.25, 0.3) is 0 Å². The molecule has 0 heterocycles. The summed E-state index contributed by atoms with van der Waals surface area (Å²) in [6.07, 6.45) is 14.9. The number of rotatable bonds is 19. The van der Waals surface area contributed by atoms with Gasteiger partial charge in [-0.15, -0.1) is 0 Å². The van der Waals surface area contributed by atoms with Crippen LogP contribution in [0.25, 0.3) is 0 Å². The molecule has 14 heteroatoms. The third-order valence-electron chi connectivity index (χ3n) is 13.7. The number of fused-ring (bicyclic) bond motifs is 5. The van der Waals surface area contributed by atoms with E-state index in [0.29, 0.717) is 53.4 Å². The van der Waals surface area contributed by atoms with Gasteiger partial charge in [-0.3, -0.25) is 4.55 Å². The van der Waals surface area contributed by atoms with Crippen molar-refractivity contribution in [3.05, 3.63) is 0 Å². The van der Waals surface area contributed by atoms with E-state index in [-0.39, 0.29) is 52.4 Å². The van der Waals surface area contributed by atoms with Crippen LogP contribution in [0.3, 0.4) is 0 Å². The fourth-order valence-corrected chi connectivity index (χ4v) is 19.8. The van der Waals surface area contributed by atoms with E-state index in [2.05, 4.69) is 64.2 Å². The third-order valence-corrected chi connectivity index (χ3v) is 24.0. The molecule has 2 radical (unpaired) electrons. The summed E-state index contributed by atoms with van der Waals surface area (Å²) < 4.78 is 49.0. The van der Waals surface area contributed by atoms with Crippen molar-refractivity contribution in [3.8, 4) is 0 Å². The molecule has 4 saturated carbocycles. The average Bonchev–Trinajstić information content (AvgIpc) is 3.40. The van der Waals surface area contributed by atoms with Crippen molar-refractivity contribution < 1.29 is 56.8 Å². The van der Waals surface area contributed by atoms with Crippen LogP contribution in [0.2, 0.25) is 0 Å². The van der Waals surface area contributed by atoms with E-state index < -0.39 is 16.5 Å². The molecule has 48 heavy (non-hydrogen) atoms. The third kappa shape index (κ3) is 10.5. The molecular formula is C34H62BI4N3O5S-2. The first-order valence-corrected chi connectivity index (χ1v) is 34.3. The standard InChI is InChI=1S/C34H62BI4N3O5S/c1-23(2)30(47-48(43,44)45)12-9-24(3)27-10-11-28-32-29(14-16-34(27,28)5)33(4)15-13-26(21-25(33)22-31(32)46-35)42(39-37)20-8-19-41(38-36)18-7-6-17-40/h23-32H,6-22,40H2,1-5H3,(H,43,44,45)/q-2/t24-,25?,26-,27+,28?,29?,30?,31-,32?,33-,34+/m0/s1. The first kappa shape index (κ1) is 43.4. The molecule has 0 bridgehead atoms. The predicted octanol–water partition coefficient (Wildman–Crippen LogP) is 1.79. The van der Waals surface area contributed by atoms with Gasteiger partial charge in [0.2, 0.25) is 0 Å². The van der Waals surface area contributed by atoms with E-state index in [4.69, 9.17) is 22.6 Å². The Morgan fingerprint density at radius 1 is 0.938 bits per heavy atom. The van der Waals surface area contributed by atoms with Crippen molar-refractivity contribution >= 4 is 55.7 Å². The van der Waals surface area contributed by atoms with Gasteiger partial charge in [-0.2, -0.15) is 8.42 Å². The summed E-state index contributed by atoms with van der Waals surface area (Å²) in [7, 11) is 1.77. The molecule has 8 nitrogen and oxygen atoms in total. The quantitative estimate of drug-likeness (QED) is 0.0665. The molecule has 4 fully saturated rings. The van der Waals surface area contributed by atoms with Gasteiger partial charge in [0, 0.05) is 0 Å². The molecule has 11 atom stereocenters. The van der Waals surface area contributed by atoms with Gasteiger partial charge in [-0.25, -0.2) is 4.18 Å². The van der Waals surface area contributed by atoms with Gasteiger partial charge in [-0.1, -0.05) is 13.8 Å². The second kappa shape index (κ2) is 19.5. The van der Waals surface area contributed by atoms with Gasteiger partial charge in [0.1, 0.15) is 0 Å². The normalized spacial score (nSPS) is 36.8. The molecule has 0 amide bonds. The first-order valence-electron chi connectivity index (χ1n) is 18.5. The van der Waals surface area contributed by atoms with E-state index in [1.165, 1.54) is 77.4 Å². The summed E-state index contributed by atoms with van der Waals surface area (Å²) in [6.45, 7) is 16.0. The van der Waals surface area contributed by atoms with Crippen molar-refractivity contribution in [2.24, 2.45) is 58.0 Å². The van der Waals surface area contributed by atoms with Gasteiger partial charge < -0.3 is 0 Å². The zero-order valence-corrected chi connectivity index (χ0v) is 39.3. The Bertz CT molecular complexity index is 1120. The van der Waals surface area contributed by atoms with Crippen molar-refractivity contribution in [1.29, 1.82) is 0 Å². The van der Waals surface area contributed by atoms with E-state index in [1.807, 2.05) is 13.8 Å². The Kier molecular flexibility index (Phi) is 17.7. The topological polar surface area (TPSA) is 105 Å². The fraction of sp³-hybridized carbons (Fsp3) is 1.00. The van der Waals surface area contributed by atoms with E-state index >= 15 is 0 Å². The van der Waals surface area contributed by atoms with E-state index in [9.17, 15) is 13.0 Å². The molecule has 4 aliphatic carbocycles. The summed E-state index contributed by atoms with van der Waals surface area (Å²) in [5, 5.41) is 0. The maximum atomic E-state index is 11.5. The van der Waals surface area contributed by atoms with Crippen LogP contribution in [0.4, 0.5) is 0 Å². The molecule has 0 aliphatic heterocycles. The maximum absolute atomic E-state index is 11.5. The minimum absolute atomic E-state index is 0.0152. The van der Waals surface area contributed by atoms with Crippen LogP contribution in [0.1, 0.15) is 118 Å². The Labute approximate surface area is 335 Å². The molecule has 0 aromatic carbocycles. The SMILES string of the molecule is [B]O[C@H]1CC2C[C@@H](N(CCCN(CCCCN)[I-]I)[I-]I)CC[C@]2(C)C2CC[C@@]3(C)C(CC[C@@H]3[C@@H](C)CCC(OS(=O)(=O)O)C(C)C)C21. The van der Waals surface area contributed by atoms with Crippen LogP contribution in [0.15, 0.2) is 0 Å². The number of hydrogen-bond donors (Lipinski definition) is 2. The summed E-state index contributed by atoms with van der Waals surface area (Å²) >= 11 is 5.45. The molecular weight excluding hydrogens is 1080 g/mol. The number of hydrogen-bond acceptors (Lipinski definition) is 7. The van der Waals surface area contributed by atoms with Crippen LogP contribution in [0, 0.1) is 52.3 Å². The van der Waals surface area contributed by atoms with E-state index in [0.717, 1.165) is 25.8 Å². The van der Waals surface area contributed by atoms with Gasteiger partial charge in [0.05, 0.1) is 6.10 Å². The Balaban J connectivity index is 1.39. The van der Waals surface area contributed by atoms with Crippen molar-refractivity contribution in [2.75, 3.05) is 26.2 Å². The summed E-state index contributed by atoms with van der Waals surface area (Å²) in [5.41, 5.74) is 6.34. The summed E-state index contributed by atoms with van der Waals surface area (Å²) in [5.74, 6) is 3.55.